The number of nitrogens with zero attached hydrogens (tertiary/aromatic N) is 1. The molecule has 120 valence electrons. The lowest BCUT2D eigenvalue weighted by Crippen LogP contribution is -2.32. The Balaban J connectivity index is 1.57. The highest BCUT2D eigenvalue weighted by Crippen LogP contribution is 2.29. The molecule has 2 heterocycles. The largest absolute Gasteiger partial charge is 0.342 e. The molecule has 0 radical (unpaired) electrons. The van der Waals surface area contributed by atoms with Gasteiger partial charge >= 0.3 is 0 Å². The summed E-state index contributed by atoms with van der Waals surface area (Å²) in [6.07, 6.45) is 0.633. The van der Waals surface area contributed by atoms with E-state index < -0.39 is 0 Å². The van der Waals surface area contributed by atoms with Crippen molar-refractivity contribution in [1.29, 1.82) is 0 Å². The van der Waals surface area contributed by atoms with Crippen molar-refractivity contribution in [2.75, 3.05) is 26.2 Å². The number of likely N-dealkylation sites (tertiary alicyclic amines) is 1. The molecule has 1 N–H and O–H groups in total. The average Bonchev–Trinajstić information content (AvgIpc) is 3.08. The molecule has 1 aromatic carbocycles. The van der Waals surface area contributed by atoms with Crippen molar-refractivity contribution >= 4 is 5.91 Å². The van der Waals surface area contributed by atoms with Crippen LogP contribution >= 0.6 is 0 Å². The standard InChI is InChI=1S/C19H28N2O/c1-13(2)15-4-6-16(7-5-15)14(3)8-19(22)21-11-17-9-20-10-18(17)12-21/h4-7,13-14,17-18,20H,8-12H2,1-3H3/t14?,17-,18+. The van der Waals surface area contributed by atoms with Gasteiger partial charge in [0, 0.05) is 32.6 Å². The topological polar surface area (TPSA) is 32.3 Å². The summed E-state index contributed by atoms with van der Waals surface area (Å²) < 4.78 is 0. The molecule has 0 bridgehead atoms. The molecule has 0 aliphatic carbocycles. The number of rotatable bonds is 4. The fourth-order valence-corrected chi connectivity index (χ4v) is 3.78. The zero-order chi connectivity index (χ0) is 15.7. The maximum absolute atomic E-state index is 12.5. The molecule has 0 spiro atoms. The first-order valence-electron chi connectivity index (χ1n) is 8.63. The monoisotopic (exact) mass is 300 g/mol. The maximum Gasteiger partial charge on any atom is 0.223 e. The van der Waals surface area contributed by atoms with E-state index in [9.17, 15) is 4.79 Å². The smallest absolute Gasteiger partial charge is 0.223 e. The van der Waals surface area contributed by atoms with E-state index in [4.69, 9.17) is 0 Å². The van der Waals surface area contributed by atoms with Crippen LogP contribution in [0.25, 0.3) is 0 Å². The number of hydrogen-bond donors (Lipinski definition) is 1. The van der Waals surface area contributed by atoms with Crippen LogP contribution in [0.3, 0.4) is 0 Å². The van der Waals surface area contributed by atoms with Gasteiger partial charge in [-0.15, -0.1) is 0 Å². The minimum Gasteiger partial charge on any atom is -0.342 e. The molecule has 2 saturated heterocycles. The lowest BCUT2D eigenvalue weighted by molar-refractivity contribution is -0.130. The Labute approximate surface area is 134 Å². The van der Waals surface area contributed by atoms with Crippen LogP contribution in [0.1, 0.15) is 50.2 Å². The summed E-state index contributed by atoms with van der Waals surface area (Å²) in [5.74, 6) is 2.56. The van der Waals surface area contributed by atoms with Crippen LogP contribution in [0.2, 0.25) is 0 Å². The highest BCUT2D eigenvalue weighted by molar-refractivity contribution is 5.77. The van der Waals surface area contributed by atoms with Gasteiger partial charge in [-0.05, 0) is 34.8 Å². The molecule has 1 amide bonds. The van der Waals surface area contributed by atoms with Gasteiger partial charge in [-0.1, -0.05) is 45.0 Å². The van der Waals surface area contributed by atoms with Crippen molar-refractivity contribution < 1.29 is 4.79 Å². The number of carbonyl (C=O) groups excluding carboxylic acids is 1. The molecule has 2 aliphatic heterocycles. The summed E-state index contributed by atoms with van der Waals surface area (Å²) in [5, 5.41) is 3.43. The van der Waals surface area contributed by atoms with Crippen LogP contribution in [0.4, 0.5) is 0 Å². The van der Waals surface area contributed by atoms with Gasteiger partial charge < -0.3 is 10.2 Å². The minimum atomic E-state index is 0.298. The molecular weight excluding hydrogens is 272 g/mol. The van der Waals surface area contributed by atoms with Gasteiger partial charge in [-0.3, -0.25) is 4.79 Å². The summed E-state index contributed by atoms with van der Waals surface area (Å²) in [4.78, 5) is 14.6. The van der Waals surface area contributed by atoms with E-state index in [-0.39, 0.29) is 0 Å². The second-order valence-electron chi connectivity index (χ2n) is 7.40. The number of nitrogens with one attached hydrogen (secondary N) is 1. The molecule has 3 heteroatoms. The van der Waals surface area contributed by atoms with E-state index >= 15 is 0 Å². The number of fused-ring (bicyclic) bond motifs is 1. The third-order valence-electron chi connectivity index (χ3n) is 5.40. The lowest BCUT2D eigenvalue weighted by atomic mass is 9.94. The van der Waals surface area contributed by atoms with Crippen molar-refractivity contribution in [3.05, 3.63) is 35.4 Å². The fourth-order valence-electron chi connectivity index (χ4n) is 3.78. The molecule has 3 nitrogen and oxygen atoms in total. The lowest BCUT2D eigenvalue weighted by Gasteiger charge is -2.20. The highest BCUT2D eigenvalue weighted by Gasteiger charge is 2.38. The van der Waals surface area contributed by atoms with E-state index in [1.807, 2.05) is 0 Å². The molecule has 0 saturated carbocycles. The molecule has 0 aromatic heterocycles. The van der Waals surface area contributed by atoms with Crippen molar-refractivity contribution in [2.24, 2.45) is 11.8 Å². The van der Waals surface area contributed by atoms with Gasteiger partial charge in [-0.2, -0.15) is 0 Å². The summed E-state index contributed by atoms with van der Waals surface area (Å²) >= 11 is 0. The second kappa shape index (κ2) is 6.41. The van der Waals surface area contributed by atoms with Gasteiger partial charge in [0.15, 0.2) is 0 Å². The van der Waals surface area contributed by atoms with Crippen LogP contribution < -0.4 is 5.32 Å². The SMILES string of the molecule is CC(C)c1ccc(C(C)CC(=O)N2C[C@H]3CNC[C@H]3C2)cc1. The van der Waals surface area contributed by atoms with Crippen LogP contribution in [-0.2, 0) is 4.79 Å². The number of benzene rings is 1. The van der Waals surface area contributed by atoms with Gasteiger partial charge in [0.25, 0.3) is 0 Å². The molecule has 3 rings (SSSR count). The highest BCUT2D eigenvalue weighted by atomic mass is 16.2. The minimum absolute atomic E-state index is 0.298. The Morgan fingerprint density at radius 2 is 1.64 bits per heavy atom. The summed E-state index contributed by atoms with van der Waals surface area (Å²) in [7, 11) is 0. The van der Waals surface area contributed by atoms with Gasteiger partial charge in [0.2, 0.25) is 5.91 Å². The first kappa shape index (κ1) is 15.5. The predicted octanol–water partition coefficient (Wildman–Crippen LogP) is 2.98. The van der Waals surface area contributed by atoms with E-state index in [0.717, 1.165) is 26.2 Å². The summed E-state index contributed by atoms with van der Waals surface area (Å²) in [5.41, 5.74) is 2.64. The number of hydrogen-bond acceptors (Lipinski definition) is 2. The van der Waals surface area contributed by atoms with Crippen molar-refractivity contribution in [1.82, 2.24) is 10.2 Å². The predicted molar refractivity (Wildman–Crippen MR) is 90.0 cm³/mol. The molecule has 1 unspecified atom stereocenters. The third kappa shape index (κ3) is 3.19. The molecule has 1 aromatic rings. The fraction of sp³-hybridized carbons (Fsp3) is 0.632. The quantitative estimate of drug-likeness (QED) is 0.927. The zero-order valence-corrected chi connectivity index (χ0v) is 14.0. The molecule has 3 atom stereocenters. The normalized spacial score (nSPS) is 25.5. The Hall–Kier alpha value is -1.35. The van der Waals surface area contributed by atoms with E-state index in [0.29, 0.717) is 36.0 Å². The van der Waals surface area contributed by atoms with Crippen LogP contribution in [0.5, 0.6) is 0 Å². The molecule has 2 aliphatic rings. The molecule has 22 heavy (non-hydrogen) atoms. The van der Waals surface area contributed by atoms with Crippen LogP contribution in [-0.4, -0.2) is 37.0 Å². The van der Waals surface area contributed by atoms with Crippen LogP contribution in [0, 0.1) is 11.8 Å². The summed E-state index contributed by atoms with van der Waals surface area (Å²) in [6.45, 7) is 10.7. The number of amides is 1. The molecular formula is C19H28N2O. The van der Waals surface area contributed by atoms with Crippen molar-refractivity contribution in [3.63, 3.8) is 0 Å². The van der Waals surface area contributed by atoms with Gasteiger partial charge in [-0.25, -0.2) is 0 Å². The van der Waals surface area contributed by atoms with E-state index in [1.165, 1.54) is 11.1 Å². The molecule has 2 fully saturated rings. The average molecular weight is 300 g/mol. The number of carbonyl (C=O) groups is 1. The van der Waals surface area contributed by atoms with Gasteiger partial charge in [0.05, 0.1) is 0 Å². The third-order valence-corrected chi connectivity index (χ3v) is 5.40. The van der Waals surface area contributed by atoms with Gasteiger partial charge in [0.1, 0.15) is 0 Å². The van der Waals surface area contributed by atoms with Crippen LogP contribution in [0.15, 0.2) is 24.3 Å². The Morgan fingerprint density at radius 3 is 2.18 bits per heavy atom. The van der Waals surface area contributed by atoms with Crippen molar-refractivity contribution in [3.8, 4) is 0 Å². The Kier molecular flexibility index (Phi) is 4.53. The van der Waals surface area contributed by atoms with Crippen molar-refractivity contribution in [2.45, 2.75) is 39.0 Å². The Bertz CT molecular complexity index is 511. The first-order valence-corrected chi connectivity index (χ1v) is 8.63. The van der Waals surface area contributed by atoms with E-state index in [1.54, 1.807) is 0 Å². The van der Waals surface area contributed by atoms with E-state index in [2.05, 4.69) is 55.3 Å². The Morgan fingerprint density at radius 1 is 1.09 bits per heavy atom. The maximum atomic E-state index is 12.5. The second-order valence-corrected chi connectivity index (χ2v) is 7.40. The zero-order valence-electron chi connectivity index (χ0n) is 14.0. The summed E-state index contributed by atoms with van der Waals surface area (Å²) in [6, 6.07) is 8.78. The first-order chi connectivity index (χ1) is 10.5.